The molecule has 2 aliphatic rings. The molecule has 4 rings (SSSR count). The van der Waals surface area contributed by atoms with E-state index in [1.165, 1.54) is 15.6 Å². The zero-order chi connectivity index (χ0) is 21.1. The van der Waals surface area contributed by atoms with Crippen LogP contribution in [0.4, 0.5) is 5.69 Å². The maximum absolute atomic E-state index is 12.7. The molecule has 3 heterocycles. The highest BCUT2D eigenvalue weighted by atomic mass is 32.2. The summed E-state index contributed by atoms with van der Waals surface area (Å²) >= 11 is 1.20. The van der Waals surface area contributed by atoms with Gasteiger partial charge in [-0.25, -0.2) is 8.42 Å². The van der Waals surface area contributed by atoms with Gasteiger partial charge in [0.05, 0.1) is 5.92 Å². The highest BCUT2D eigenvalue weighted by Crippen LogP contribution is 2.26. The maximum atomic E-state index is 12.7. The molecule has 1 aromatic heterocycles. The van der Waals surface area contributed by atoms with Crippen LogP contribution in [0.1, 0.15) is 31.2 Å². The summed E-state index contributed by atoms with van der Waals surface area (Å²) in [7, 11) is -3.53. The van der Waals surface area contributed by atoms with Crippen molar-refractivity contribution in [3.8, 4) is 0 Å². The summed E-state index contributed by atoms with van der Waals surface area (Å²) < 4.78 is 27.2. The minimum Gasteiger partial charge on any atom is -0.352 e. The van der Waals surface area contributed by atoms with Crippen molar-refractivity contribution in [1.82, 2.24) is 9.62 Å². The molecule has 0 aliphatic carbocycles. The average molecular weight is 448 g/mol. The van der Waals surface area contributed by atoms with Crippen molar-refractivity contribution in [2.45, 2.75) is 36.4 Å². The molecule has 2 aromatic rings. The maximum Gasteiger partial charge on any atom is 0.252 e. The van der Waals surface area contributed by atoms with Gasteiger partial charge in [-0.1, -0.05) is 18.2 Å². The summed E-state index contributed by atoms with van der Waals surface area (Å²) in [6.07, 6.45) is 2.83. The van der Waals surface area contributed by atoms with E-state index in [2.05, 4.69) is 5.32 Å². The molecule has 2 saturated heterocycles. The molecule has 1 N–H and O–H groups in total. The van der Waals surface area contributed by atoms with E-state index in [0.717, 1.165) is 24.2 Å². The SMILES string of the molecule is O=C(NCc1ccc(N2CCCC2=O)cc1)[C@H]1CCCN(S(=O)(=O)c2cccs2)C1. The number of rotatable bonds is 6. The lowest BCUT2D eigenvalue weighted by Gasteiger charge is -2.30. The molecule has 30 heavy (non-hydrogen) atoms. The molecule has 2 fully saturated rings. The number of amides is 2. The first kappa shape index (κ1) is 21.0. The molecule has 2 amide bonds. The third-order valence-electron chi connectivity index (χ3n) is 5.63. The number of benzene rings is 1. The summed E-state index contributed by atoms with van der Waals surface area (Å²) in [6, 6.07) is 11.0. The Labute approximate surface area is 180 Å². The number of carbonyl (C=O) groups is 2. The van der Waals surface area contributed by atoms with Crippen LogP contribution in [-0.2, 0) is 26.2 Å². The Hall–Kier alpha value is -2.23. The normalized spacial score (nSPS) is 20.5. The summed E-state index contributed by atoms with van der Waals surface area (Å²) in [5, 5.41) is 4.68. The molecule has 0 radical (unpaired) electrons. The van der Waals surface area contributed by atoms with Gasteiger partial charge in [-0.3, -0.25) is 9.59 Å². The van der Waals surface area contributed by atoms with Gasteiger partial charge < -0.3 is 10.2 Å². The summed E-state index contributed by atoms with van der Waals surface area (Å²) in [4.78, 5) is 26.3. The van der Waals surface area contributed by atoms with Crippen molar-refractivity contribution in [2.24, 2.45) is 5.92 Å². The Morgan fingerprint density at radius 2 is 1.93 bits per heavy atom. The van der Waals surface area contributed by atoms with Crippen molar-refractivity contribution >= 4 is 38.9 Å². The Bertz CT molecular complexity index is 1000. The highest BCUT2D eigenvalue weighted by molar-refractivity contribution is 7.91. The predicted molar refractivity (Wildman–Crippen MR) is 116 cm³/mol. The minimum absolute atomic E-state index is 0.125. The third-order valence-corrected chi connectivity index (χ3v) is 8.87. The largest absolute Gasteiger partial charge is 0.352 e. The number of nitrogens with zero attached hydrogens (tertiary/aromatic N) is 2. The molecule has 9 heteroatoms. The Balaban J connectivity index is 1.33. The van der Waals surface area contributed by atoms with Gasteiger partial charge in [0.2, 0.25) is 11.8 Å². The predicted octanol–water partition coefficient (Wildman–Crippen LogP) is 2.59. The van der Waals surface area contributed by atoms with Crippen LogP contribution in [0.3, 0.4) is 0 Å². The number of hydrogen-bond donors (Lipinski definition) is 1. The number of nitrogens with one attached hydrogen (secondary N) is 1. The zero-order valence-corrected chi connectivity index (χ0v) is 18.3. The molecule has 0 bridgehead atoms. The number of anilines is 1. The monoisotopic (exact) mass is 447 g/mol. The average Bonchev–Trinajstić information content (AvgIpc) is 3.45. The van der Waals surface area contributed by atoms with E-state index < -0.39 is 10.0 Å². The standard InChI is InChI=1S/C21H25N3O4S2/c25-19-5-2-12-24(19)18-9-7-16(8-10-18)14-22-21(26)17-4-1-11-23(15-17)30(27,28)20-6-3-13-29-20/h3,6-10,13,17H,1-2,4-5,11-12,14-15H2,(H,22,26)/t17-/m0/s1. The Morgan fingerprint density at radius 1 is 1.13 bits per heavy atom. The molecule has 0 saturated carbocycles. The number of piperidine rings is 1. The second-order valence-corrected chi connectivity index (χ2v) is 10.8. The van der Waals surface area contributed by atoms with Crippen molar-refractivity contribution in [3.05, 3.63) is 47.3 Å². The van der Waals surface area contributed by atoms with Crippen molar-refractivity contribution in [2.75, 3.05) is 24.5 Å². The van der Waals surface area contributed by atoms with Crippen LogP contribution in [-0.4, -0.2) is 44.2 Å². The highest BCUT2D eigenvalue weighted by Gasteiger charge is 2.33. The number of carbonyl (C=O) groups excluding carboxylic acids is 2. The molecule has 1 atom stereocenters. The quantitative estimate of drug-likeness (QED) is 0.737. The second-order valence-electron chi connectivity index (χ2n) is 7.67. The summed E-state index contributed by atoms with van der Waals surface area (Å²) in [6.45, 7) is 1.78. The van der Waals surface area contributed by atoms with E-state index in [4.69, 9.17) is 0 Å². The van der Waals surface area contributed by atoms with E-state index in [0.29, 0.717) is 36.6 Å². The van der Waals surface area contributed by atoms with E-state index in [1.807, 2.05) is 24.3 Å². The van der Waals surface area contributed by atoms with E-state index >= 15 is 0 Å². The van der Waals surface area contributed by atoms with Crippen LogP contribution < -0.4 is 10.2 Å². The van der Waals surface area contributed by atoms with Crippen molar-refractivity contribution in [3.63, 3.8) is 0 Å². The van der Waals surface area contributed by atoms with Gasteiger partial charge in [-0.05, 0) is 48.4 Å². The smallest absolute Gasteiger partial charge is 0.252 e. The number of thiophene rings is 1. The van der Waals surface area contributed by atoms with Gasteiger partial charge >= 0.3 is 0 Å². The molecule has 0 unspecified atom stereocenters. The van der Waals surface area contributed by atoms with Crippen molar-refractivity contribution < 1.29 is 18.0 Å². The zero-order valence-electron chi connectivity index (χ0n) is 16.6. The fraction of sp³-hybridized carbons (Fsp3) is 0.429. The molecular weight excluding hydrogens is 422 g/mol. The summed E-state index contributed by atoms with van der Waals surface area (Å²) in [5.74, 6) is -0.328. The van der Waals surface area contributed by atoms with Gasteiger partial charge in [0.1, 0.15) is 4.21 Å². The lowest BCUT2D eigenvalue weighted by Crippen LogP contribution is -2.45. The second kappa shape index (κ2) is 8.87. The Kier molecular flexibility index (Phi) is 6.21. The molecule has 7 nitrogen and oxygen atoms in total. The third kappa shape index (κ3) is 4.43. The lowest BCUT2D eigenvalue weighted by atomic mass is 9.98. The van der Waals surface area contributed by atoms with E-state index in [1.54, 1.807) is 22.4 Å². The Morgan fingerprint density at radius 3 is 2.60 bits per heavy atom. The lowest BCUT2D eigenvalue weighted by molar-refractivity contribution is -0.126. The van der Waals surface area contributed by atoms with Crippen LogP contribution in [0.15, 0.2) is 46.0 Å². The van der Waals surface area contributed by atoms with Crippen molar-refractivity contribution in [1.29, 1.82) is 0 Å². The van der Waals surface area contributed by atoms with Crippen LogP contribution in [0.25, 0.3) is 0 Å². The van der Waals surface area contributed by atoms with Crippen LogP contribution >= 0.6 is 11.3 Å². The number of hydrogen-bond acceptors (Lipinski definition) is 5. The van der Waals surface area contributed by atoms with Gasteiger partial charge in [-0.15, -0.1) is 11.3 Å². The molecular formula is C21H25N3O4S2. The fourth-order valence-electron chi connectivity index (χ4n) is 3.96. The van der Waals surface area contributed by atoms with Crippen LogP contribution in [0.5, 0.6) is 0 Å². The fourth-order valence-corrected chi connectivity index (χ4v) is 6.63. The first-order valence-electron chi connectivity index (χ1n) is 10.2. The molecule has 2 aliphatic heterocycles. The van der Waals surface area contributed by atoms with Crippen LogP contribution in [0, 0.1) is 5.92 Å². The summed E-state index contributed by atoms with van der Waals surface area (Å²) in [5.41, 5.74) is 1.83. The number of sulfonamides is 1. The van der Waals surface area contributed by atoms with Crippen LogP contribution in [0.2, 0.25) is 0 Å². The molecule has 0 spiro atoms. The van der Waals surface area contributed by atoms with E-state index in [-0.39, 0.29) is 24.3 Å². The topological polar surface area (TPSA) is 86.8 Å². The van der Waals surface area contributed by atoms with Gasteiger partial charge in [-0.2, -0.15) is 4.31 Å². The van der Waals surface area contributed by atoms with Gasteiger partial charge in [0, 0.05) is 38.3 Å². The first-order chi connectivity index (χ1) is 14.4. The first-order valence-corrected chi connectivity index (χ1v) is 12.5. The van der Waals surface area contributed by atoms with Gasteiger partial charge in [0.25, 0.3) is 10.0 Å². The molecule has 160 valence electrons. The van der Waals surface area contributed by atoms with Gasteiger partial charge in [0.15, 0.2) is 0 Å². The minimum atomic E-state index is -3.53. The molecule has 1 aromatic carbocycles. The van der Waals surface area contributed by atoms with E-state index in [9.17, 15) is 18.0 Å².